The van der Waals surface area contributed by atoms with Gasteiger partial charge in [0.05, 0.1) is 4.90 Å². The molecule has 0 fully saturated rings. The van der Waals surface area contributed by atoms with Gasteiger partial charge in [-0.2, -0.15) is 0 Å². The highest BCUT2D eigenvalue weighted by Crippen LogP contribution is 2.21. The predicted molar refractivity (Wildman–Crippen MR) is 110 cm³/mol. The van der Waals surface area contributed by atoms with Crippen molar-refractivity contribution in [2.45, 2.75) is 11.8 Å². The van der Waals surface area contributed by atoms with E-state index in [-0.39, 0.29) is 16.5 Å². The van der Waals surface area contributed by atoms with Gasteiger partial charge in [-0.05, 0) is 66.7 Å². The van der Waals surface area contributed by atoms with Gasteiger partial charge in [0.15, 0.2) is 11.5 Å². The number of anilines is 2. The summed E-state index contributed by atoms with van der Waals surface area (Å²) in [6.45, 7) is 1.74. The highest BCUT2D eigenvalue weighted by Gasteiger charge is 2.15. The van der Waals surface area contributed by atoms with Gasteiger partial charge in [-0.1, -0.05) is 0 Å². The Morgan fingerprint density at radius 2 is 1.63 bits per heavy atom. The quantitative estimate of drug-likeness (QED) is 0.496. The number of carbonyl (C=O) groups excluding carboxylic acids is 1. The first kappa shape index (κ1) is 19.6. The summed E-state index contributed by atoms with van der Waals surface area (Å²) in [5.41, 5.74) is 2.44. The summed E-state index contributed by atoms with van der Waals surface area (Å²) in [5, 5.41) is 2.76. The number of aryl methyl sites for hydroxylation is 1. The number of benzene rings is 3. The number of nitrogens with one attached hydrogen (secondary N) is 2. The zero-order valence-corrected chi connectivity index (χ0v) is 16.5. The third-order valence-corrected chi connectivity index (χ3v) is 5.67. The van der Waals surface area contributed by atoms with Crippen LogP contribution in [0.4, 0.5) is 15.8 Å². The Bertz CT molecular complexity index is 1330. The largest absolute Gasteiger partial charge is 0.441 e. The first-order valence-corrected chi connectivity index (χ1v) is 10.4. The molecular formula is C21H16FN3O4S. The number of sulfonamides is 1. The minimum absolute atomic E-state index is 0.0656. The lowest BCUT2D eigenvalue weighted by Crippen LogP contribution is -2.14. The summed E-state index contributed by atoms with van der Waals surface area (Å²) in [4.78, 5) is 16.6. The van der Waals surface area contributed by atoms with Crippen LogP contribution in [0.25, 0.3) is 11.1 Å². The Hall–Kier alpha value is -3.72. The third-order valence-electron chi connectivity index (χ3n) is 4.28. The van der Waals surface area contributed by atoms with Crippen molar-refractivity contribution >= 4 is 38.4 Å². The summed E-state index contributed by atoms with van der Waals surface area (Å²) >= 11 is 0. The molecule has 0 atom stereocenters. The third kappa shape index (κ3) is 4.15. The lowest BCUT2D eigenvalue weighted by molar-refractivity contribution is 0.102. The summed E-state index contributed by atoms with van der Waals surface area (Å²) in [5.74, 6) is -0.350. The smallest absolute Gasteiger partial charge is 0.261 e. The second kappa shape index (κ2) is 7.60. The maximum atomic E-state index is 13.0. The van der Waals surface area contributed by atoms with Crippen LogP contribution in [0.3, 0.4) is 0 Å². The maximum Gasteiger partial charge on any atom is 0.261 e. The fourth-order valence-electron chi connectivity index (χ4n) is 2.84. The molecule has 0 aliphatic carbocycles. The predicted octanol–water partition coefficient (Wildman–Crippen LogP) is 4.33. The van der Waals surface area contributed by atoms with E-state index >= 15 is 0 Å². The van der Waals surface area contributed by atoms with Gasteiger partial charge in [0.2, 0.25) is 0 Å². The lowest BCUT2D eigenvalue weighted by atomic mass is 10.2. The molecule has 0 saturated heterocycles. The molecule has 0 radical (unpaired) electrons. The molecule has 0 aliphatic heterocycles. The molecule has 4 rings (SSSR count). The van der Waals surface area contributed by atoms with E-state index in [9.17, 15) is 17.6 Å². The molecule has 0 spiro atoms. The highest BCUT2D eigenvalue weighted by molar-refractivity contribution is 7.92. The molecule has 4 aromatic rings. The summed E-state index contributed by atoms with van der Waals surface area (Å²) in [6.07, 6.45) is 0. The van der Waals surface area contributed by atoms with Crippen LogP contribution in [0.5, 0.6) is 0 Å². The van der Waals surface area contributed by atoms with E-state index in [0.717, 1.165) is 12.1 Å². The molecular weight excluding hydrogens is 409 g/mol. The van der Waals surface area contributed by atoms with Crippen LogP contribution in [0.15, 0.2) is 76.0 Å². The Balaban J connectivity index is 1.46. The van der Waals surface area contributed by atoms with Crippen molar-refractivity contribution in [3.63, 3.8) is 0 Å². The molecule has 2 N–H and O–H groups in total. The van der Waals surface area contributed by atoms with Gasteiger partial charge >= 0.3 is 0 Å². The average Bonchev–Trinajstić information content (AvgIpc) is 3.08. The molecule has 0 bridgehead atoms. The zero-order valence-electron chi connectivity index (χ0n) is 15.7. The second-order valence-electron chi connectivity index (χ2n) is 6.51. The van der Waals surface area contributed by atoms with E-state index < -0.39 is 15.8 Å². The maximum absolute atomic E-state index is 13.0. The van der Waals surface area contributed by atoms with Crippen molar-refractivity contribution in [2.75, 3.05) is 10.0 Å². The van der Waals surface area contributed by atoms with Gasteiger partial charge in [-0.25, -0.2) is 17.8 Å². The number of hydrogen-bond acceptors (Lipinski definition) is 5. The Labute approximate surface area is 171 Å². The van der Waals surface area contributed by atoms with E-state index in [1.807, 2.05) is 0 Å². The molecule has 1 amide bonds. The summed E-state index contributed by atoms with van der Waals surface area (Å²) in [7, 11) is -3.86. The van der Waals surface area contributed by atoms with Gasteiger partial charge < -0.3 is 9.73 Å². The van der Waals surface area contributed by atoms with E-state index in [1.165, 1.54) is 36.4 Å². The zero-order chi connectivity index (χ0) is 21.3. The molecule has 0 unspecified atom stereocenters. The standard InChI is InChI=1S/C21H16FN3O4S/c1-13-23-19-12-17(8-11-20(19)29-13)24-21(26)14-2-6-16(7-3-14)25-30(27,28)18-9-4-15(22)5-10-18/h2-12,25H,1H3,(H,24,26). The molecule has 7 nitrogen and oxygen atoms in total. The monoisotopic (exact) mass is 425 g/mol. The highest BCUT2D eigenvalue weighted by atomic mass is 32.2. The Morgan fingerprint density at radius 3 is 2.33 bits per heavy atom. The van der Waals surface area contributed by atoms with Crippen LogP contribution < -0.4 is 10.0 Å². The first-order valence-electron chi connectivity index (χ1n) is 8.87. The van der Waals surface area contributed by atoms with Crippen LogP contribution >= 0.6 is 0 Å². The van der Waals surface area contributed by atoms with Gasteiger partial charge in [0.25, 0.3) is 15.9 Å². The SMILES string of the molecule is Cc1nc2cc(NC(=O)c3ccc(NS(=O)(=O)c4ccc(F)cc4)cc3)ccc2o1. The van der Waals surface area contributed by atoms with Crippen molar-refractivity contribution in [3.05, 3.63) is 84.0 Å². The van der Waals surface area contributed by atoms with Crippen LogP contribution in [-0.4, -0.2) is 19.3 Å². The summed E-state index contributed by atoms with van der Waals surface area (Å²) < 4.78 is 45.5. The van der Waals surface area contributed by atoms with Crippen molar-refractivity contribution in [3.8, 4) is 0 Å². The van der Waals surface area contributed by atoms with Crippen LogP contribution in [0.2, 0.25) is 0 Å². The van der Waals surface area contributed by atoms with Crippen LogP contribution in [0.1, 0.15) is 16.2 Å². The number of carbonyl (C=O) groups is 1. The number of oxazole rings is 1. The van der Waals surface area contributed by atoms with Gasteiger partial charge in [-0.15, -0.1) is 0 Å². The van der Waals surface area contributed by atoms with Gasteiger partial charge in [0, 0.05) is 23.9 Å². The van der Waals surface area contributed by atoms with E-state index in [1.54, 1.807) is 25.1 Å². The molecule has 9 heteroatoms. The Morgan fingerprint density at radius 1 is 0.967 bits per heavy atom. The number of rotatable bonds is 5. The molecule has 0 saturated carbocycles. The normalized spacial score (nSPS) is 11.4. The topological polar surface area (TPSA) is 101 Å². The number of amides is 1. The second-order valence-corrected chi connectivity index (χ2v) is 8.19. The molecule has 30 heavy (non-hydrogen) atoms. The van der Waals surface area contributed by atoms with Gasteiger partial charge in [0.1, 0.15) is 11.3 Å². The van der Waals surface area contributed by atoms with Crippen LogP contribution in [0, 0.1) is 12.7 Å². The van der Waals surface area contributed by atoms with E-state index in [2.05, 4.69) is 15.0 Å². The number of halogens is 1. The molecule has 1 heterocycles. The van der Waals surface area contributed by atoms with Crippen LogP contribution in [-0.2, 0) is 10.0 Å². The lowest BCUT2D eigenvalue weighted by Gasteiger charge is -2.09. The fraction of sp³-hybridized carbons (Fsp3) is 0.0476. The molecule has 0 aliphatic rings. The van der Waals surface area contributed by atoms with Crippen molar-refractivity contribution < 1.29 is 22.0 Å². The molecule has 152 valence electrons. The number of fused-ring (bicyclic) bond motifs is 1. The molecule has 3 aromatic carbocycles. The number of nitrogens with zero attached hydrogens (tertiary/aromatic N) is 1. The number of aromatic nitrogens is 1. The first-order chi connectivity index (χ1) is 14.3. The van der Waals surface area contributed by atoms with Crippen molar-refractivity contribution in [1.29, 1.82) is 0 Å². The van der Waals surface area contributed by atoms with E-state index in [0.29, 0.717) is 28.2 Å². The average molecular weight is 425 g/mol. The number of hydrogen-bond donors (Lipinski definition) is 2. The van der Waals surface area contributed by atoms with Crippen molar-refractivity contribution in [1.82, 2.24) is 4.98 Å². The minimum Gasteiger partial charge on any atom is -0.441 e. The molecule has 1 aromatic heterocycles. The Kier molecular flexibility index (Phi) is 4.96. The fourth-order valence-corrected chi connectivity index (χ4v) is 3.90. The van der Waals surface area contributed by atoms with E-state index in [4.69, 9.17) is 4.42 Å². The van der Waals surface area contributed by atoms with Crippen molar-refractivity contribution in [2.24, 2.45) is 0 Å². The van der Waals surface area contributed by atoms with Gasteiger partial charge in [-0.3, -0.25) is 9.52 Å². The minimum atomic E-state index is -3.86. The summed E-state index contributed by atoms with van der Waals surface area (Å²) in [6, 6.07) is 15.6.